The second kappa shape index (κ2) is 4.61. The molecule has 0 fully saturated rings. The van der Waals surface area contributed by atoms with Crippen molar-refractivity contribution in [1.29, 1.82) is 0 Å². The van der Waals surface area contributed by atoms with Gasteiger partial charge < -0.3 is 9.30 Å². The van der Waals surface area contributed by atoms with E-state index >= 15 is 0 Å². The Bertz CT molecular complexity index is 502. The molecular weight excluding hydrogens is 202 g/mol. The van der Waals surface area contributed by atoms with Gasteiger partial charge in [-0.3, -0.25) is 4.99 Å². The van der Waals surface area contributed by atoms with Crippen LogP contribution in [0.2, 0.25) is 0 Å². The number of aromatic nitrogens is 2. The van der Waals surface area contributed by atoms with E-state index < -0.39 is 0 Å². The van der Waals surface area contributed by atoms with Gasteiger partial charge in [0, 0.05) is 25.5 Å². The zero-order chi connectivity index (χ0) is 11.4. The number of hydrogen-bond acceptors (Lipinski definition) is 3. The van der Waals surface area contributed by atoms with Crippen LogP contribution in [0.15, 0.2) is 41.7 Å². The molecule has 0 amide bonds. The number of nitrogens with zero attached hydrogens (tertiary/aromatic N) is 3. The molecule has 1 heterocycles. The lowest BCUT2D eigenvalue weighted by atomic mass is 10.3. The Morgan fingerprint density at radius 1 is 1.44 bits per heavy atom. The zero-order valence-corrected chi connectivity index (χ0v) is 9.29. The summed E-state index contributed by atoms with van der Waals surface area (Å²) in [6, 6.07) is 7.59. The van der Waals surface area contributed by atoms with Gasteiger partial charge >= 0.3 is 0 Å². The maximum atomic E-state index is 5.12. The Hall–Kier alpha value is -2.10. The first-order chi connectivity index (χ1) is 7.79. The van der Waals surface area contributed by atoms with E-state index in [1.54, 1.807) is 19.5 Å². The third-order valence-electron chi connectivity index (χ3n) is 2.24. The van der Waals surface area contributed by atoms with Crippen molar-refractivity contribution in [3.63, 3.8) is 0 Å². The molecule has 0 spiro atoms. The number of aryl methyl sites for hydroxylation is 1. The van der Waals surface area contributed by atoms with Crippen LogP contribution in [0.5, 0.6) is 5.75 Å². The summed E-state index contributed by atoms with van der Waals surface area (Å²) >= 11 is 0. The third kappa shape index (κ3) is 2.28. The van der Waals surface area contributed by atoms with Crippen LogP contribution in [0, 0.1) is 0 Å². The van der Waals surface area contributed by atoms with Gasteiger partial charge in [0.15, 0.2) is 5.82 Å². The number of aliphatic imine (C=N–C) groups is 1. The smallest absolute Gasteiger partial charge is 0.150 e. The normalized spacial score (nSPS) is 10.9. The average molecular weight is 215 g/mol. The summed E-state index contributed by atoms with van der Waals surface area (Å²) in [6.45, 7) is 0. The monoisotopic (exact) mass is 215 g/mol. The highest BCUT2D eigenvalue weighted by Crippen LogP contribution is 2.19. The second-order valence-corrected chi connectivity index (χ2v) is 3.36. The lowest BCUT2D eigenvalue weighted by Crippen LogP contribution is -1.94. The minimum atomic E-state index is 0.800. The van der Waals surface area contributed by atoms with Gasteiger partial charge in [-0.1, -0.05) is 6.07 Å². The van der Waals surface area contributed by atoms with E-state index in [0.29, 0.717) is 0 Å². The predicted molar refractivity (Wildman–Crippen MR) is 63.5 cm³/mol. The van der Waals surface area contributed by atoms with Crippen molar-refractivity contribution in [2.24, 2.45) is 12.0 Å². The van der Waals surface area contributed by atoms with E-state index in [9.17, 15) is 0 Å². The van der Waals surface area contributed by atoms with Crippen molar-refractivity contribution in [2.75, 3.05) is 7.11 Å². The van der Waals surface area contributed by atoms with Gasteiger partial charge in [-0.15, -0.1) is 0 Å². The number of imidazole rings is 1. The first-order valence-electron chi connectivity index (χ1n) is 4.95. The van der Waals surface area contributed by atoms with Crippen LogP contribution in [0.3, 0.4) is 0 Å². The quantitative estimate of drug-likeness (QED) is 0.736. The fourth-order valence-corrected chi connectivity index (χ4v) is 1.32. The van der Waals surface area contributed by atoms with Crippen molar-refractivity contribution in [3.05, 3.63) is 42.5 Å². The number of hydrogen-bond donors (Lipinski definition) is 0. The van der Waals surface area contributed by atoms with Crippen molar-refractivity contribution >= 4 is 11.9 Å². The highest BCUT2D eigenvalue weighted by Gasteiger charge is 1.95. The fourth-order valence-electron chi connectivity index (χ4n) is 1.32. The fraction of sp³-hybridized carbons (Fsp3) is 0.167. The maximum Gasteiger partial charge on any atom is 0.150 e. The van der Waals surface area contributed by atoms with Crippen LogP contribution in [0.25, 0.3) is 0 Å². The van der Waals surface area contributed by atoms with Crippen molar-refractivity contribution in [2.45, 2.75) is 0 Å². The Morgan fingerprint density at radius 2 is 2.31 bits per heavy atom. The van der Waals surface area contributed by atoms with E-state index in [4.69, 9.17) is 4.74 Å². The van der Waals surface area contributed by atoms with Crippen LogP contribution in [-0.4, -0.2) is 22.9 Å². The van der Waals surface area contributed by atoms with Crippen LogP contribution in [0.1, 0.15) is 5.82 Å². The van der Waals surface area contributed by atoms with E-state index in [1.165, 1.54) is 0 Å². The molecule has 0 N–H and O–H groups in total. The highest BCUT2D eigenvalue weighted by molar-refractivity contribution is 5.77. The molecule has 0 radical (unpaired) electrons. The summed E-state index contributed by atoms with van der Waals surface area (Å²) in [5, 5.41) is 0. The maximum absolute atomic E-state index is 5.12. The van der Waals surface area contributed by atoms with Gasteiger partial charge in [0.2, 0.25) is 0 Å². The third-order valence-corrected chi connectivity index (χ3v) is 2.24. The molecule has 2 rings (SSSR count). The minimum Gasteiger partial charge on any atom is -0.497 e. The Labute approximate surface area is 94.2 Å². The molecule has 0 aliphatic rings. The van der Waals surface area contributed by atoms with Gasteiger partial charge in [-0.25, -0.2) is 4.98 Å². The molecule has 0 saturated heterocycles. The molecule has 2 aromatic rings. The van der Waals surface area contributed by atoms with Gasteiger partial charge in [0.1, 0.15) is 5.75 Å². The van der Waals surface area contributed by atoms with Crippen molar-refractivity contribution in [3.8, 4) is 5.75 Å². The topological polar surface area (TPSA) is 39.4 Å². The lowest BCUT2D eigenvalue weighted by molar-refractivity contribution is 0.415. The molecule has 0 bridgehead atoms. The van der Waals surface area contributed by atoms with E-state index in [0.717, 1.165) is 17.3 Å². The second-order valence-electron chi connectivity index (χ2n) is 3.36. The van der Waals surface area contributed by atoms with Gasteiger partial charge in [-0.05, 0) is 12.1 Å². The number of methoxy groups -OCH3 is 1. The molecule has 16 heavy (non-hydrogen) atoms. The molecule has 0 atom stereocenters. The molecule has 1 aromatic heterocycles. The van der Waals surface area contributed by atoms with Crippen LogP contribution in [-0.2, 0) is 7.05 Å². The largest absolute Gasteiger partial charge is 0.497 e. The molecule has 0 saturated carbocycles. The SMILES string of the molecule is COc1cccc(/N=C/c2nccn2C)c1. The summed E-state index contributed by atoms with van der Waals surface area (Å²) in [5.74, 6) is 1.62. The number of ether oxygens (including phenoxy) is 1. The summed E-state index contributed by atoms with van der Waals surface area (Å²) < 4.78 is 7.03. The molecule has 82 valence electrons. The van der Waals surface area contributed by atoms with Crippen LogP contribution < -0.4 is 4.74 Å². The highest BCUT2D eigenvalue weighted by atomic mass is 16.5. The summed E-state index contributed by atoms with van der Waals surface area (Å²) in [7, 11) is 3.57. The van der Waals surface area contributed by atoms with E-state index in [1.807, 2.05) is 42.1 Å². The van der Waals surface area contributed by atoms with Crippen molar-refractivity contribution < 1.29 is 4.74 Å². The molecular formula is C12H13N3O. The Kier molecular flexibility index (Phi) is 3.00. The Balaban J connectivity index is 2.20. The first-order valence-corrected chi connectivity index (χ1v) is 4.95. The lowest BCUT2D eigenvalue weighted by Gasteiger charge is -1.99. The van der Waals surface area contributed by atoms with Crippen molar-refractivity contribution in [1.82, 2.24) is 9.55 Å². The van der Waals surface area contributed by atoms with Crippen LogP contribution >= 0.6 is 0 Å². The summed E-state index contributed by atoms with van der Waals surface area (Å²) in [6.07, 6.45) is 5.36. The average Bonchev–Trinajstić information content (AvgIpc) is 2.72. The molecule has 4 nitrogen and oxygen atoms in total. The minimum absolute atomic E-state index is 0.800. The standard InChI is InChI=1S/C12H13N3O/c1-15-7-6-13-12(15)9-14-10-4-3-5-11(8-10)16-2/h3-9H,1-2H3/b14-9+. The number of benzene rings is 1. The zero-order valence-electron chi connectivity index (χ0n) is 9.29. The van der Waals surface area contributed by atoms with Gasteiger partial charge in [0.25, 0.3) is 0 Å². The van der Waals surface area contributed by atoms with E-state index in [-0.39, 0.29) is 0 Å². The molecule has 1 aromatic carbocycles. The molecule has 0 aliphatic heterocycles. The molecule has 0 unspecified atom stereocenters. The Morgan fingerprint density at radius 3 is 3.00 bits per heavy atom. The predicted octanol–water partition coefficient (Wildman–Crippen LogP) is 2.18. The summed E-state index contributed by atoms with van der Waals surface area (Å²) in [4.78, 5) is 8.49. The van der Waals surface area contributed by atoms with Gasteiger partial charge in [-0.2, -0.15) is 0 Å². The molecule has 0 aliphatic carbocycles. The van der Waals surface area contributed by atoms with Crippen LogP contribution in [0.4, 0.5) is 5.69 Å². The summed E-state index contributed by atoms with van der Waals surface area (Å²) in [5.41, 5.74) is 0.849. The first kappa shape index (κ1) is 10.4. The van der Waals surface area contributed by atoms with Gasteiger partial charge in [0.05, 0.1) is 19.0 Å². The molecule has 4 heteroatoms. The number of rotatable bonds is 3. The van der Waals surface area contributed by atoms with E-state index in [2.05, 4.69) is 9.98 Å².